The van der Waals surface area contributed by atoms with E-state index in [1.807, 2.05) is 43.3 Å². The highest BCUT2D eigenvalue weighted by molar-refractivity contribution is 7.92. The fourth-order valence-corrected chi connectivity index (χ4v) is 7.25. The van der Waals surface area contributed by atoms with Crippen LogP contribution in [0, 0.1) is 20.8 Å². The molecule has 0 aromatic heterocycles. The van der Waals surface area contributed by atoms with Crippen LogP contribution in [0.15, 0.2) is 70.5 Å². The molecule has 6 nitrogen and oxygen atoms in total. The Morgan fingerprint density at radius 3 is 2.03 bits per heavy atom. The van der Waals surface area contributed by atoms with E-state index in [4.69, 9.17) is 0 Å². The molecule has 0 aliphatic carbocycles. The maximum atomic E-state index is 13.1. The minimum absolute atomic E-state index is 0.141. The second-order valence-corrected chi connectivity index (χ2v) is 11.8. The van der Waals surface area contributed by atoms with E-state index in [-0.39, 0.29) is 9.79 Å². The van der Waals surface area contributed by atoms with E-state index in [0.29, 0.717) is 36.3 Å². The molecule has 3 aromatic rings. The highest BCUT2D eigenvalue weighted by Crippen LogP contribution is 2.27. The summed E-state index contributed by atoms with van der Waals surface area (Å²) < 4.78 is 56.2. The number of nitrogens with zero attached hydrogens (tertiary/aromatic N) is 1. The van der Waals surface area contributed by atoms with Gasteiger partial charge in [0.2, 0.25) is 10.0 Å². The molecule has 1 N–H and O–H groups in total. The van der Waals surface area contributed by atoms with Crippen LogP contribution in [0.25, 0.3) is 0 Å². The molecule has 0 unspecified atom stereocenters. The summed E-state index contributed by atoms with van der Waals surface area (Å²) in [5.74, 6) is 0. The lowest BCUT2D eigenvalue weighted by atomic mass is 10.0. The molecule has 1 aliphatic heterocycles. The minimum Gasteiger partial charge on any atom is -0.280 e. The Labute approximate surface area is 190 Å². The molecule has 0 saturated heterocycles. The average Bonchev–Trinajstić information content (AvgIpc) is 2.72. The summed E-state index contributed by atoms with van der Waals surface area (Å²) in [6.45, 7) is 6.20. The number of hydrogen-bond acceptors (Lipinski definition) is 4. The van der Waals surface area contributed by atoms with Gasteiger partial charge in [-0.15, -0.1) is 0 Å². The second-order valence-electron chi connectivity index (χ2n) is 8.22. The quantitative estimate of drug-likeness (QED) is 0.607. The van der Waals surface area contributed by atoms with Crippen molar-refractivity contribution in [3.63, 3.8) is 0 Å². The Bertz CT molecular complexity index is 1360. The highest BCUT2D eigenvalue weighted by atomic mass is 32.2. The maximum absolute atomic E-state index is 13.1. The number of sulfonamides is 2. The first-order valence-electron chi connectivity index (χ1n) is 10.4. The summed E-state index contributed by atoms with van der Waals surface area (Å²) in [6, 6.07) is 17.4. The summed E-state index contributed by atoms with van der Waals surface area (Å²) in [6.07, 6.45) is 0.669. The first-order chi connectivity index (χ1) is 15.1. The number of fused-ring (bicyclic) bond motifs is 1. The predicted octanol–water partition coefficient (Wildman–Crippen LogP) is 4.16. The van der Waals surface area contributed by atoms with Crippen molar-refractivity contribution in [3.8, 4) is 0 Å². The zero-order chi connectivity index (χ0) is 23.1. The van der Waals surface area contributed by atoms with Crippen LogP contribution in [0.5, 0.6) is 0 Å². The van der Waals surface area contributed by atoms with E-state index in [1.54, 1.807) is 13.8 Å². The third kappa shape index (κ3) is 4.30. The molecule has 3 aromatic carbocycles. The lowest BCUT2D eigenvalue weighted by Gasteiger charge is -2.28. The van der Waals surface area contributed by atoms with Crippen molar-refractivity contribution in [2.24, 2.45) is 0 Å². The standard InChI is InChI=1S/C24H26N2O4S2/c1-17-14-18(2)24(19(3)15-17)31(27,28)25-22-8-10-23(11-9-22)32(29,30)26-13-12-20-6-4-5-7-21(20)16-26/h4-11,14-15,25H,12-13,16H2,1-3H3. The fraction of sp³-hybridized carbons (Fsp3) is 0.250. The molecule has 0 spiro atoms. The molecule has 0 bridgehead atoms. The van der Waals surface area contributed by atoms with Gasteiger partial charge in [-0.05, 0) is 73.7 Å². The first-order valence-corrected chi connectivity index (χ1v) is 13.3. The zero-order valence-electron chi connectivity index (χ0n) is 18.3. The van der Waals surface area contributed by atoms with E-state index >= 15 is 0 Å². The highest BCUT2D eigenvalue weighted by Gasteiger charge is 2.28. The summed E-state index contributed by atoms with van der Waals surface area (Å²) in [7, 11) is -7.48. The monoisotopic (exact) mass is 470 g/mol. The number of nitrogens with one attached hydrogen (secondary N) is 1. The summed E-state index contributed by atoms with van der Waals surface area (Å²) in [5, 5.41) is 0. The molecule has 4 rings (SSSR count). The average molecular weight is 471 g/mol. The Morgan fingerprint density at radius 1 is 0.812 bits per heavy atom. The Hall–Kier alpha value is -2.68. The molecule has 0 fully saturated rings. The van der Waals surface area contributed by atoms with E-state index in [1.165, 1.54) is 34.1 Å². The van der Waals surface area contributed by atoms with Crippen LogP contribution in [-0.2, 0) is 33.0 Å². The normalized spacial score (nSPS) is 14.7. The molecule has 0 radical (unpaired) electrons. The van der Waals surface area contributed by atoms with Gasteiger partial charge in [0, 0.05) is 18.8 Å². The molecule has 0 atom stereocenters. The van der Waals surface area contributed by atoms with Crippen molar-refractivity contribution in [1.29, 1.82) is 0 Å². The molecule has 0 saturated carbocycles. The van der Waals surface area contributed by atoms with E-state index < -0.39 is 20.0 Å². The Morgan fingerprint density at radius 2 is 1.41 bits per heavy atom. The number of anilines is 1. The molecule has 0 amide bonds. The fourth-order valence-electron chi connectivity index (χ4n) is 4.32. The minimum atomic E-state index is -3.80. The molecule has 32 heavy (non-hydrogen) atoms. The van der Waals surface area contributed by atoms with Crippen LogP contribution in [0.4, 0.5) is 5.69 Å². The number of rotatable bonds is 5. The predicted molar refractivity (Wildman–Crippen MR) is 126 cm³/mol. The van der Waals surface area contributed by atoms with Gasteiger partial charge in [-0.3, -0.25) is 4.72 Å². The van der Waals surface area contributed by atoms with Crippen LogP contribution in [-0.4, -0.2) is 27.7 Å². The van der Waals surface area contributed by atoms with E-state index in [9.17, 15) is 16.8 Å². The van der Waals surface area contributed by atoms with Gasteiger partial charge in [0.25, 0.3) is 10.0 Å². The SMILES string of the molecule is Cc1cc(C)c(S(=O)(=O)Nc2ccc(S(=O)(=O)N3CCc4ccccc4C3)cc2)c(C)c1. The topological polar surface area (TPSA) is 83.5 Å². The summed E-state index contributed by atoms with van der Waals surface area (Å²) in [4.78, 5) is 0.384. The molecular weight excluding hydrogens is 444 g/mol. The van der Waals surface area contributed by atoms with Gasteiger partial charge in [0.15, 0.2) is 0 Å². The zero-order valence-corrected chi connectivity index (χ0v) is 19.9. The van der Waals surface area contributed by atoms with Gasteiger partial charge in [0.1, 0.15) is 0 Å². The molecular formula is C24H26N2O4S2. The van der Waals surface area contributed by atoms with Crippen molar-refractivity contribution in [3.05, 3.63) is 88.5 Å². The first kappa shape index (κ1) is 22.5. The number of hydrogen-bond donors (Lipinski definition) is 1. The van der Waals surface area contributed by atoms with Crippen LogP contribution < -0.4 is 4.72 Å². The van der Waals surface area contributed by atoms with E-state index in [2.05, 4.69) is 4.72 Å². The van der Waals surface area contributed by atoms with Crippen molar-refractivity contribution in [2.45, 2.75) is 43.5 Å². The maximum Gasteiger partial charge on any atom is 0.262 e. The largest absolute Gasteiger partial charge is 0.280 e. The van der Waals surface area contributed by atoms with Crippen LogP contribution in [0.2, 0.25) is 0 Å². The number of aryl methyl sites for hydroxylation is 3. The number of benzene rings is 3. The van der Waals surface area contributed by atoms with Crippen molar-refractivity contribution in [2.75, 3.05) is 11.3 Å². The summed E-state index contributed by atoms with van der Waals surface area (Å²) in [5.41, 5.74) is 4.82. The van der Waals surface area contributed by atoms with Gasteiger partial charge in [-0.25, -0.2) is 16.8 Å². The summed E-state index contributed by atoms with van der Waals surface area (Å²) >= 11 is 0. The molecule has 8 heteroatoms. The van der Waals surface area contributed by atoms with Crippen molar-refractivity contribution in [1.82, 2.24) is 4.31 Å². The molecule has 168 valence electrons. The smallest absolute Gasteiger partial charge is 0.262 e. The van der Waals surface area contributed by atoms with Gasteiger partial charge in [-0.2, -0.15) is 4.31 Å². The lowest BCUT2D eigenvalue weighted by Crippen LogP contribution is -2.35. The van der Waals surface area contributed by atoms with Crippen molar-refractivity contribution < 1.29 is 16.8 Å². The van der Waals surface area contributed by atoms with Gasteiger partial charge in [0.05, 0.1) is 9.79 Å². The Kier molecular flexibility index (Phi) is 5.87. The third-order valence-electron chi connectivity index (χ3n) is 5.71. The van der Waals surface area contributed by atoms with Gasteiger partial charge < -0.3 is 0 Å². The van der Waals surface area contributed by atoms with Crippen LogP contribution in [0.1, 0.15) is 27.8 Å². The van der Waals surface area contributed by atoms with E-state index in [0.717, 1.165) is 11.1 Å². The van der Waals surface area contributed by atoms with Crippen molar-refractivity contribution >= 4 is 25.7 Å². The Balaban J connectivity index is 1.56. The second kappa shape index (κ2) is 8.35. The molecule has 1 aliphatic rings. The van der Waals surface area contributed by atoms with Gasteiger partial charge in [-0.1, -0.05) is 42.0 Å². The lowest BCUT2D eigenvalue weighted by molar-refractivity contribution is 0.391. The van der Waals surface area contributed by atoms with Crippen LogP contribution in [0.3, 0.4) is 0 Å². The van der Waals surface area contributed by atoms with Crippen LogP contribution >= 0.6 is 0 Å². The third-order valence-corrected chi connectivity index (χ3v) is 9.26. The molecule has 1 heterocycles. The van der Waals surface area contributed by atoms with Gasteiger partial charge >= 0.3 is 0 Å².